The van der Waals surface area contributed by atoms with Gasteiger partial charge in [0.05, 0.1) is 6.04 Å². The number of aliphatic hydroxyl groups is 1. The Morgan fingerprint density at radius 2 is 1.95 bits per heavy atom. The van der Waals surface area contributed by atoms with E-state index >= 15 is 0 Å². The third-order valence-corrected chi connectivity index (χ3v) is 4.02. The number of amides is 1. The first kappa shape index (κ1) is 14.8. The number of aliphatic hydroxyl groups excluding tert-OH is 1. The van der Waals surface area contributed by atoms with E-state index in [-0.39, 0.29) is 18.6 Å². The molecule has 1 aromatic heterocycles. The van der Waals surface area contributed by atoms with Gasteiger partial charge in [0.1, 0.15) is 0 Å². The predicted octanol–water partition coefficient (Wildman–Crippen LogP) is 3.12. The Morgan fingerprint density at radius 3 is 2.60 bits per heavy atom. The van der Waals surface area contributed by atoms with Gasteiger partial charge in [0, 0.05) is 17.9 Å². The molecule has 0 saturated carbocycles. The molecule has 1 atom stereocenters. The quantitative estimate of drug-likeness (QED) is 0.769. The lowest BCUT2D eigenvalue weighted by atomic mass is 10.0. The van der Waals surface area contributed by atoms with Gasteiger partial charge in [-0.3, -0.25) is 4.79 Å². The molecule has 0 radical (unpaired) electrons. The lowest BCUT2D eigenvalue weighted by Gasteiger charge is -2.18. The highest BCUT2D eigenvalue weighted by atomic mass is 32.1. The van der Waals surface area contributed by atoms with Crippen molar-refractivity contribution < 1.29 is 9.90 Å². The number of thiophene rings is 1. The molecule has 0 spiro atoms. The maximum atomic E-state index is 12.0. The highest BCUT2D eigenvalue weighted by Gasteiger charge is 2.17. The molecular formula is C16H19NO2S. The van der Waals surface area contributed by atoms with E-state index in [1.807, 2.05) is 47.8 Å². The van der Waals surface area contributed by atoms with E-state index in [1.165, 1.54) is 0 Å². The van der Waals surface area contributed by atoms with Crippen LogP contribution >= 0.6 is 11.3 Å². The van der Waals surface area contributed by atoms with Crippen molar-refractivity contribution >= 4 is 17.2 Å². The second-order valence-electron chi connectivity index (χ2n) is 4.61. The lowest BCUT2D eigenvalue weighted by Crippen LogP contribution is -2.28. The van der Waals surface area contributed by atoms with E-state index in [9.17, 15) is 4.79 Å². The van der Waals surface area contributed by atoms with E-state index in [0.717, 1.165) is 10.4 Å². The zero-order valence-electron chi connectivity index (χ0n) is 11.3. The first-order chi connectivity index (χ1) is 9.81. The summed E-state index contributed by atoms with van der Waals surface area (Å²) >= 11 is 1.64. The van der Waals surface area contributed by atoms with Crippen LogP contribution in [0.4, 0.5) is 0 Å². The molecule has 0 aliphatic carbocycles. The summed E-state index contributed by atoms with van der Waals surface area (Å²) in [6.07, 6.45) is 1.84. The van der Waals surface area contributed by atoms with E-state index < -0.39 is 0 Å². The van der Waals surface area contributed by atoms with Gasteiger partial charge in [-0.2, -0.15) is 0 Å². The van der Waals surface area contributed by atoms with E-state index in [4.69, 9.17) is 5.11 Å². The average molecular weight is 289 g/mol. The Balaban J connectivity index is 2.06. The van der Waals surface area contributed by atoms with Crippen LogP contribution in [0.25, 0.3) is 0 Å². The third-order valence-electron chi connectivity index (χ3n) is 3.08. The van der Waals surface area contributed by atoms with Crippen molar-refractivity contribution in [2.24, 2.45) is 0 Å². The van der Waals surface area contributed by atoms with Crippen LogP contribution in [-0.2, 0) is 4.79 Å². The number of rotatable bonds is 7. The molecule has 2 N–H and O–H groups in total. The highest BCUT2D eigenvalue weighted by Crippen LogP contribution is 2.26. The van der Waals surface area contributed by atoms with Crippen LogP contribution in [0.5, 0.6) is 0 Å². The molecule has 0 fully saturated rings. The zero-order valence-corrected chi connectivity index (χ0v) is 12.1. The van der Waals surface area contributed by atoms with E-state index in [0.29, 0.717) is 19.3 Å². The second kappa shape index (κ2) is 7.82. The van der Waals surface area contributed by atoms with Crippen molar-refractivity contribution in [3.8, 4) is 0 Å². The van der Waals surface area contributed by atoms with Crippen LogP contribution in [0.3, 0.4) is 0 Å². The Morgan fingerprint density at radius 1 is 1.15 bits per heavy atom. The van der Waals surface area contributed by atoms with Gasteiger partial charge < -0.3 is 10.4 Å². The molecular weight excluding hydrogens is 270 g/mol. The molecule has 4 heteroatoms. The van der Waals surface area contributed by atoms with Gasteiger partial charge >= 0.3 is 0 Å². The van der Waals surface area contributed by atoms with Crippen molar-refractivity contribution in [3.63, 3.8) is 0 Å². The molecule has 1 aromatic carbocycles. The normalized spacial score (nSPS) is 12.1. The standard InChI is InChI=1S/C16H19NO2S/c18-11-5-4-10-15(19)17-16(14-9-6-12-20-14)13-7-2-1-3-8-13/h1-3,6-9,12,16,18H,4-5,10-11H2,(H,17,19). The number of hydrogen-bond donors (Lipinski definition) is 2. The Hall–Kier alpha value is -1.65. The van der Waals surface area contributed by atoms with Crippen molar-refractivity contribution in [2.45, 2.75) is 25.3 Å². The smallest absolute Gasteiger partial charge is 0.220 e. The van der Waals surface area contributed by atoms with Crippen LogP contribution in [0, 0.1) is 0 Å². The Kier molecular flexibility index (Phi) is 5.77. The topological polar surface area (TPSA) is 49.3 Å². The summed E-state index contributed by atoms with van der Waals surface area (Å²) < 4.78 is 0. The van der Waals surface area contributed by atoms with Crippen LogP contribution in [0.1, 0.15) is 35.7 Å². The average Bonchev–Trinajstić information content (AvgIpc) is 3.00. The zero-order chi connectivity index (χ0) is 14.2. The minimum absolute atomic E-state index is 0.0284. The van der Waals surface area contributed by atoms with Gasteiger partial charge in [0.15, 0.2) is 0 Å². The summed E-state index contributed by atoms with van der Waals surface area (Å²) in [5.74, 6) is 0.0284. The van der Waals surface area contributed by atoms with Gasteiger partial charge in [-0.25, -0.2) is 0 Å². The van der Waals surface area contributed by atoms with Gasteiger partial charge in [0.25, 0.3) is 0 Å². The molecule has 2 rings (SSSR count). The van der Waals surface area contributed by atoms with Gasteiger partial charge in [-0.05, 0) is 29.9 Å². The summed E-state index contributed by atoms with van der Waals surface area (Å²) in [5.41, 5.74) is 1.09. The number of benzene rings is 1. The summed E-state index contributed by atoms with van der Waals surface area (Å²) in [6, 6.07) is 13.9. The molecule has 0 saturated heterocycles. The van der Waals surface area contributed by atoms with Gasteiger partial charge in [0.2, 0.25) is 5.91 Å². The summed E-state index contributed by atoms with van der Waals surface area (Å²) in [4.78, 5) is 13.1. The van der Waals surface area contributed by atoms with Gasteiger partial charge in [-0.15, -0.1) is 11.3 Å². The summed E-state index contributed by atoms with van der Waals surface area (Å²) in [5, 5.41) is 13.9. The summed E-state index contributed by atoms with van der Waals surface area (Å²) in [6.45, 7) is 0.139. The SMILES string of the molecule is O=C(CCCCO)NC(c1ccccc1)c1cccs1. The number of hydrogen-bond acceptors (Lipinski definition) is 3. The minimum atomic E-state index is -0.0853. The lowest BCUT2D eigenvalue weighted by molar-refractivity contribution is -0.121. The first-order valence-electron chi connectivity index (χ1n) is 6.80. The predicted molar refractivity (Wildman–Crippen MR) is 81.7 cm³/mol. The fraction of sp³-hybridized carbons (Fsp3) is 0.312. The fourth-order valence-corrected chi connectivity index (χ4v) is 2.85. The highest BCUT2D eigenvalue weighted by molar-refractivity contribution is 7.10. The number of carbonyl (C=O) groups is 1. The molecule has 20 heavy (non-hydrogen) atoms. The van der Waals surface area contributed by atoms with E-state index in [2.05, 4.69) is 5.32 Å². The van der Waals surface area contributed by atoms with Crippen LogP contribution in [0.15, 0.2) is 47.8 Å². The molecule has 1 amide bonds. The van der Waals surface area contributed by atoms with Crippen molar-refractivity contribution in [3.05, 3.63) is 58.3 Å². The van der Waals surface area contributed by atoms with E-state index in [1.54, 1.807) is 11.3 Å². The van der Waals surface area contributed by atoms with Crippen molar-refractivity contribution in [1.29, 1.82) is 0 Å². The van der Waals surface area contributed by atoms with Crippen molar-refractivity contribution in [1.82, 2.24) is 5.32 Å². The number of unbranched alkanes of at least 4 members (excludes halogenated alkanes) is 1. The molecule has 0 aliphatic rings. The maximum Gasteiger partial charge on any atom is 0.220 e. The van der Waals surface area contributed by atoms with Gasteiger partial charge in [-0.1, -0.05) is 36.4 Å². The van der Waals surface area contributed by atoms with Crippen LogP contribution in [-0.4, -0.2) is 17.6 Å². The summed E-state index contributed by atoms with van der Waals surface area (Å²) in [7, 11) is 0. The molecule has 0 bridgehead atoms. The first-order valence-corrected chi connectivity index (χ1v) is 7.68. The molecule has 2 aromatic rings. The molecule has 1 heterocycles. The maximum absolute atomic E-state index is 12.0. The molecule has 0 aliphatic heterocycles. The molecule has 3 nitrogen and oxygen atoms in total. The molecule has 106 valence electrons. The fourth-order valence-electron chi connectivity index (χ4n) is 2.05. The Bertz CT molecular complexity index is 511. The monoisotopic (exact) mass is 289 g/mol. The third kappa shape index (κ3) is 4.18. The van der Waals surface area contributed by atoms with Crippen LogP contribution < -0.4 is 5.32 Å². The number of carbonyl (C=O) groups excluding carboxylic acids is 1. The van der Waals surface area contributed by atoms with Crippen molar-refractivity contribution in [2.75, 3.05) is 6.61 Å². The Labute approximate surface area is 123 Å². The van der Waals surface area contributed by atoms with Crippen LogP contribution in [0.2, 0.25) is 0 Å². The number of nitrogens with one attached hydrogen (secondary N) is 1. The largest absolute Gasteiger partial charge is 0.396 e. The second-order valence-corrected chi connectivity index (χ2v) is 5.59. The molecule has 1 unspecified atom stereocenters. The minimum Gasteiger partial charge on any atom is -0.396 e.